The van der Waals surface area contributed by atoms with Crippen LogP contribution in [0.1, 0.15) is 20.7 Å². The largest absolute Gasteiger partial charge is 0.377 e. The summed E-state index contributed by atoms with van der Waals surface area (Å²) in [6, 6.07) is 22.5. The number of ether oxygens (including phenoxy) is 3. The Bertz CT molecular complexity index is 1260. The third-order valence-corrected chi connectivity index (χ3v) is 6.05. The summed E-state index contributed by atoms with van der Waals surface area (Å²) >= 11 is 0. The Kier molecular flexibility index (Phi) is 12.0. The molecule has 0 saturated carbocycles. The van der Waals surface area contributed by atoms with Crippen molar-refractivity contribution in [3.8, 4) is 22.3 Å². The van der Waals surface area contributed by atoms with E-state index in [0.717, 1.165) is 22.3 Å². The maximum absolute atomic E-state index is 12.4. The summed E-state index contributed by atoms with van der Waals surface area (Å²) < 4.78 is 16.5. The third-order valence-electron chi connectivity index (χ3n) is 6.05. The van der Waals surface area contributed by atoms with Crippen LogP contribution in [-0.4, -0.2) is 74.5 Å². The van der Waals surface area contributed by atoms with Crippen molar-refractivity contribution >= 4 is 11.8 Å². The maximum Gasteiger partial charge on any atom is 0.251 e. The highest BCUT2D eigenvalue weighted by Gasteiger charge is 2.08. The van der Waals surface area contributed by atoms with Gasteiger partial charge in [-0.3, -0.25) is 19.6 Å². The molecule has 0 bridgehead atoms. The molecule has 9 nitrogen and oxygen atoms in total. The minimum Gasteiger partial charge on any atom is -0.377 e. The molecule has 2 N–H and O–H groups in total. The molecule has 0 fully saturated rings. The van der Waals surface area contributed by atoms with E-state index < -0.39 is 0 Å². The molecule has 0 radical (unpaired) electrons. The van der Waals surface area contributed by atoms with Gasteiger partial charge in [0, 0.05) is 60.1 Å². The first kappa shape index (κ1) is 29.5. The minimum absolute atomic E-state index is 0.151. The van der Waals surface area contributed by atoms with Crippen LogP contribution in [0.4, 0.5) is 0 Å². The van der Waals surface area contributed by atoms with Gasteiger partial charge in [-0.05, 0) is 47.5 Å². The van der Waals surface area contributed by atoms with E-state index in [1.807, 2.05) is 60.7 Å². The van der Waals surface area contributed by atoms with Crippen molar-refractivity contribution in [2.24, 2.45) is 0 Å². The SMILES string of the molecule is O=C(NCCOCCOCCOCCNC(=O)c1cccc(-c2cccnc2)c1)c1cccc(-c2cccnc2)c1. The van der Waals surface area contributed by atoms with Crippen LogP contribution in [-0.2, 0) is 14.2 Å². The summed E-state index contributed by atoms with van der Waals surface area (Å²) in [7, 11) is 0. The van der Waals surface area contributed by atoms with Gasteiger partial charge in [0.25, 0.3) is 11.8 Å². The summed E-state index contributed by atoms with van der Waals surface area (Å²) in [4.78, 5) is 33.1. The highest BCUT2D eigenvalue weighted by Crippen LogP contribution is 2.20. The van der Waals surface area contributed by atoms with Gasteiger partial charge in [-0.1, -0.05) is 36.4 Å². The molecule has 2 aromatic carbocycles. The molecule has 212 valence electrons. The number of benzene rings is 2. The quantitative estimate of drug-likeness (QED) is 0.201. The Morgan fingerprint density at radius 2 is 0.951 bits per heavy atom. The fraction of sp³-hybridized carbons (Fsp3) is 0.250. The molecule has 0 aliphatic rings. The van der Waals surface area contributed by atoms with Crippen molar-refractivity contribution in [2.75, 3.05) is 52.7 Å². The van der Waals surface area contributed by atoms with E-state index in [2.05, 4.69) is 20.6 Å². The van der Waals surface area contributed by atoms with Crippen LogP contribution in [0.15, 0.2) is 97.6 Å². The molecular weight excluding hydrogens is 520 g/mol. The molecule has 4 rings (SSSR count). The van der Waals surface area contributed by atoms with Gasteiger partial charge in [-0.25, -0.2) is 0 Å². The van der Waals surface area contributed by atoms with Crippen LogP contribution >= 0.6 is 0 Å². The first-order valence-electron chi connectivity index (χ1n) is 13.5. The summed E-state index contributed by atoms with van der Waals surface area (Å²) in [6.07, 6.45) is 6.97. The Balaban J connectivity index is 0.990. The summed E-state index contributed by atoms with van der Waals surface area (Å²) in [6.45, 7) is 3.26. The maximum atomic E-state index is 12.4. The molecule has 2 aromatic heterocycles. The van der Waals surface area contributed by atoms with Gasteiger partial charge in [0.1, 0.15) is 0 Å². The lowest BCUT2D eigenvalue weighted by Crippen LogP contribution is -2.28. The zero-order valence-electron chi connectivity index (χ0n) is 22.8. The van der Waals surface area contributed by atoms with E-state index in [0.29, 0.717) is 63.9 Å². The number of hydrogen-bond donors (Lipinski definition) is 2. The van der Waals surface area contributed by atoms with Crippen molar-refractivity contribution in [3.05, 3.63) is 109 Å². The Hall–Kier alpha value is -4.44. The number of nitrogens with one attached hydrogen (secondary N) is 2. The molecule has 0 aliphatic heterocycles. The fourth-order valence-electron chi connectivity index (χ4n) is 3.97. The van der Waals surface area contributed by atoms with E-state index in [1.165, 1.54) is 0 Å². The minimum atomic E-state index is -0.151. The predicted octanol–water partition coefficient (Wildman–Crippen LogP) is 4.02. The smallest absolute Gasteiger partial charge is 0.251 e. The van der Waals surface area contributed by atoms with Crippen molar-refractivity contribution < 1.29 is 23.8 Å². The van der Waals surface area contributed by atoms with E-state index in [-0.39, 0.29) is 11.8 Å². The first-order valence-corrected chi connectivity index (χ1v) is 13.5. The molecule has 2 amide bonds. The first-order chi connectivity index (χ1) is 20.2. The molecule has 0 unspecified atom stereocenters. The van der Waals surface area contributed by atoms with Crippen LogP contribution < -0.4 is 10.6 Å². The Labute approximate surface area is 239 Å². The van der Waals surface area contributed by atoms with Crippen LogP contribution in [0.25, 0.3) is 22.3 Å². The lowest BCUT2D eigenvalue weighted by atomic mass is 10.0. The average molecular weight is 555 g/mol. The molecule has 0 atom stereocenters. The Morgan fingerprint density at radius 3 is 1.37 bits per heavy atom. The van der Waals surface area contributed by atoms with E-state index in [9.17, 15) is 9.59 Å². The van der Waals surface area contributed by atoms with Crippen LogP contribution in [0.2, 0.25) is 0 Å². The highest BCUT2D eigenvalue weighted by molar-refractivity contribution is 5.96. The Morgan fingerprint density at radius 1 is 0.537 bits per heavy atom. The van der Waals surface area contributed by atoms with Gasteiger partial charge in [0.15, 0.2) is 0 Å². The van der Waals surface area contributed by atoms with E-state index in [1.54, 1.807) is 36.9 Å². The molecule has 41 heavy (non-hydrogen) atoms. The summed E-state index contributed by atoms with van der Waals surface area (Å²) in [5, 5.41) is 5.73. The number of aromatic nitrogens is 2. The number of carbonyl (C=O) groups excluding carboxylic acids is 2. The second kappa shape index (κ2) is 16.6. The number of hydrogen-bond acceptors (Lipinski definition) is 7. The van der Waals surface area contributed by atoms with Gasteiger partial charge in [0.2, 0.25) is 0 Å². The molecule has 0 spiro atoms. The third kappa shape index (κ3) is 9.91. The van der Waals surface area contributed by atoms with Crippen LogP contribution in [0.5, 0.6) is 0 Å². The van der Waals surface area contributed by atoms with Gasteiger partial charge in [0.05, 0.1) is 39.6 Å². The number of amides is 2. The standard InChI is InChI=1S/C32H34N4O5/c37-31(27-7-1-5-25(21-27)29-9-3-11-33-23-29)35-13-15-39-17-19-41-20-18-40-16-14-36-32(38)28-8-2-6-26(22-28)30-10-4-12-34-24-30/h1-12,21-24H,13-20H2,(H,35,37)(H,36,38). The van der Waals surface area contributed by atoms with Crippen molar-refractivity contribution in [1.29, 1.82) is 0 Å². The second-order valence-electron chi connectivity index (χ2n) is 8.99. The number of carbonyl (C=O) groups is 2. The zero-order valence-corrected chi connectivity index (χ0v) is 22.8. The molecular formula is C32H34N4O5. The average Bonchev–Trinajstić information content (AvgIpc) is 3.04. The van der Waals surface area contributed by atoms with Gasteiger partial charge >= 0.3 is 0 Å². The summed E-state index contributed by atoms with van der Waals surface area (Å²) in [5.74, 6) is -0.302. The molecule has 9 heteroatoms. The lowest BCUT2D eigenvalue weighted by Gasteiger charge is -2.09. The van der Waals surface area contributed by atoms with Gasteiger partial charge in [-0.15, -0.1) is 0 Å². The summed E-state index contributed by atoms with van der Waals surface area (Å²) in [5.41, 5.74) is 4.98. The normalized spacial score (nSPS) is 10.7. The lowest BCUT2D eigenvalue weighted by molar-refractivity contribution is 0.0157. The van der Waals surface area contributed by atoms with E-state index in [4.69, 9.17) is 14.2 Å². The van der Waals surface area contributed by atoms with Crippen molar-refractivity contribution in [3.63, 3.8) is 0 Å². The second-order valence-corrected chi connectivity index (χ2v) is 8.99. The number of rotatable bonds is 16. The fourth-order valence-corrected chi connectivity index (χ4v) is 3.97. The molecule has 2 heterocycles. The van der Waals surface area contributed by atoms with Gasteiger partial charge in [-0.2, -0.15) is 0 Å². The van der Waals surface area contributed by atoms with Crippen LogP contribution in [0, 0.1) is 0 Å². The molecule has 4 aromatic rings. The van der Waals surface area contributed by atoms with Gasteiger partial charge < -0.3 is 24.8 Å². The molecule has 0 saturated heterocycles. The number of nitrogens with zero attached hydrogens (tertiary/aromatic N) is 2. The topological polar surface area (TPSA) is 112 Å². The number of pyridine rings is 2. The van der Waals surface area contributed by atoms with Crippen molar-refractivity contribution in [1.82, 2.24) is 20.6 Å². The van der Waals surface area contributed by atoms with Crippen LogP contribution in [0.3, 0.4) is 0 Å². The predicted molar refractivity (Wildman–Crippen MR) is 156 cm³/mol. The molecule has 0 aliphatic carbocycles. The zero-order chi connectivity index (χ0) is 28.5. The van der Waals surface area contributed by atoms with E-state index >= 15 is 0 Å². The van der Waals surface area contributed by atoms with Crippen molar-refractivity contribution in [2.45, 2.75) is 0 Å². The highest BCUT2D eigenvalue weighted by atomic mass is 16.5. The monoisotopic (exact) mass is 554 g/mol.